The van der Waals surface area contributed by atoms with Gasteiger partial charge in [-0.1, -0.05) is 13.3 Å². The molecule has 2 rings (SSSR count). The molecule has 2 aliphatic rings. The van der Waals surface area contributed by atoms with Crippen LogP contribution in [0, 0.1) is 5.92 Å². The number of hydrogen-bond donors (Lipinski definition) is 1. The van der Waals surface area contributed by atoms with Crippen LogP contribution in [0.25, 0.3) is 0 Å². The first-order chi connectivity index (χ1) is 8.90. The largest absolute Gasteiger partial charge is 0.381 e. The number of unbranched alkanes of at least 4 members (excludes halogenated alkanes) is 1. The Kier molecular flexibility index (Phi) is 6.46. The smallest absolute Gasteiger partial charge is 0.0478 e. The summed E-state index contributed by atoms with van der Waals surface area (Å²) in [6.07, 6.45) is 7.84. The van der Waals surface area contributed by atoms with Crippen molar-refractivity contribution in [1.82, 2.24) is 10.2 Å². The zero-order valence-corrected chi connectivity index (χ0v) is 12.0. The van der Waals surface area contributed by atoms with Crippen LogP contribution in [0.3, 0.4) is 0 Å². The van der Waals surface area contributed by atoms with Crippen LogP contribution in [0.1, 0.15) is 45.4 Å². The van der Waals surface area contributed by atoms with Crippen LogP contribution in [-0.2, 0) is 4.74 Å². The molecule has 1 saturated heterocycles. The van der Waals surface area contributed by atoms with E-state index in [0.717, 1.165) is 25.2 Å². The van der Waals surface area contributed by atoms with Crippen molar-refractivity contribution >= 4 is 0 Å². The molecule has 3 nitrogen and oxygen atoms in total. The fourth-order valence-electron chi connectivity index (χ4n) is 2.78. The van der Waals surface area contributed by atoms with Crippen molar-refractivity contribution in [1.29, 1.82) is 0 Å². The third-order valence-electron chi connectivity index (χ3n) is 4.11. The molecule has 1 unspecified atom stereocenters. The molecular formula is C15H30N2O. The van der Waals surface area contributed by atoms with Crippen molar-refractivity contribution < 1.29 is 4.74 Å². The highest BCUT2D eigenvalue weighted by atomic mass is 16.5. The fourth-order valence-corrected chi connectivity index (χ4v) is 2.78. The summed E-state index contributed by atoms with van der Waals surface area (Å²) in [5.41, 5.74) is 0. The molecule has 18 heavy (non-hydrogen) atoms. The Morgan fingerprint density at radius 2 is 2.06 bits per heavy atom. The lowest BCUT2D eigenvalue weighted by molar-refractivity contribution is 0.117. The normalized spacial score (nSPS) is 26.2. The van der Waals surface area contributed by atoms with Crippen molar-refractivity contribution in [3.63, 3.8) is 0 Å². The SMILES string of the molecule is CCCCOCCCN1CCCNC(C2CC2)C1. The Hall–Kier alpha value is -0.120. The van der Waals surface area contributed by atoms with Crippen LogP contribution in [0.4, 0.5) is 0 Å². The molecule has 1 saturated carbocycles. The highest BCUT2D eigenvalue weighted by Crippen LogP contribution is 2.33. The van der Waals surface area contributed by atoms with E-state index in [1.165, 1.54) is 64.7 Å². The van der Waals surface area contributed by atoms with Gasteiger partial charge in [0.1, 0.15) is 0 Å². The molecule has 1 aliphatic carbocycles. The van der Waals surface area contributed by atoms with Crippen LogP contribution in [0.2, 0.25) is 0 Å². The van der Waals surface area contributed by atoms with Crippen molar-refractivity contribution in [3.05, 3.63) is 0 Å². The maximum absolute atomic E-state index is 5.64. The highest BCUT2D eigenvalue weighted by Gasteiger charge is 2.32. The van der Waals surface area contributed by atoms with Crippen LogP contribution < -0.4 is 5.32 Å². The lowest BCUT2D eigenvalue weighted by Gasteiger charge is -2.24. The fraction of sp³-hybridized carbons (Fsp3) is 1.00. The molecule has 0 aromatic carbocycles. The predicted molar refractivity (Wildman–Crippen MR) is 75.9 cm³/mol. The van der Waals surface area contributed by atoms with Gasteiger partial charge in [0.25, 0.3) is 0 Å². The van der Waals surface area contributed by atoms with E-state index in [2.05, 4.69) is 17.1 Å². The summed E-state index contributed by atoms with van der Waals surface area (Å²) < 4.78 is 5.64. The minimum absolute atomic E-state index is 0.772. The Morgan fingerprint density at radius 3 is 2.83 bits per heavy atom. The summed E-state index contributed by atoms with van der Waals surface area (Å²) in [6.45, 7) is 9.07. The molecule has 0 bridgehead atoms. The first kappa shape index (κ1) is 14.3. The summed E-state index contributed by atoms with van der Waals surface area (Å²) in [5.74, 6) is 0.978. The maximum Gasteiger partial charge on any atom is 0.0478 e. The zero-order chi connectivity index (χ0) is 12.6. The molecule has 1 atom stereocenters. The van der Waals surface area contributed by atoms with E-state index in [-0.39, 0.29) is 0 Å². The molecule has 1 aliphatic heterocycles. The average Bonchev–Trinajstić information content (AvgIpc) is 3.19. The Morgan fingerprint density at radius 1 is 1.22 bits per heavy atom. The molecule has 2 fully saturated rings. The van der Waals surface area contributed by atoms with Gasteiger partial charge in [-0.3, -0.25) is 0 Å². The number of nitrogens with one attached hydrogen (secondary N) is 1. The lowest BCUT2D eigenvalue weighted by atomic mass is 10.2. The van der Waals surface area contributed by atoms with E-state index in [9.17, 15) is 0 Å². The predicted octanol–water partition coefficient (Wildman–Crippen LogP) is 2.27. The highest BCUT2D eigenvalue weighted by molar-refractivity contribution is 4.89. The Bertz CT molecular complexity index is 219. The van der Waals surface area contributed by atoms with Gasteiger partial charge < -0.3 is 15.0 Å². The van der Waals surface area contributed by atoms with Crippen molar-refractivity contribution in [3.8, 4) is 0 Å². The van der Waals surface area contributed by atoms with Gasteiger partial charge in [-0.2, -0.15) is 0 Å². The lowest BCUT2D eigenvalue weighted by Crippen LogP contribution is -2.39. The number of hydrogen-bond acceptors (Lipinski definition) is 3. The van der Waals surface area contributed by atoms with Gasteiger partial charge in [0, 0.05) is 32.3 Å². The minimum Gasteiger partial charge on any atom is -0.381 e. The quantitative estimate of drug-likeness (QED) is 0.673. The summed E-state index contributed by atoms with van der Waals surface area (Å²) in [6, 6.07) is 0.772. The maximum atomic E-state index is 5.64. The zero-order valence-electron chi connectivity index (χ0n) is 12.0. The Balaban J connectivity index is 1.56. The molecule has 1 N–H and O–H groups in total. The third-order valence-corrected chi connectivity index (χ3v) is 4.11. The molecular weight excluding hydrogens is 224 g/mol. The first-order valence-electron chi connectivity index (χ1n) is 7.93. The molecule has 0 aromatic rings. The van der Waals surface area contributed by atoms with Gasteiger partial charge >= 0.3 is 0 Å². The second-order valence-corrected chi connectivity index (χ2v) is 5.87. The minimum atomic E-state index is 0.772. The van der Waals surface area contributed by atoms with Crippen molar-refractivity contribution in [2.45, 2.75) is 51.5 Å². The molecule has 1 heterocycles. The molecule has 0 amide bonds. The number of nitrogens with zero attached hydrogens (tertiary/aromatic N) is 1. The van der Waals surface area contributed by atoms with Crippen molar-refractivity contribution in [2.24, 2.45) is 5.92 Å². The van der Waals surface area contributed by atoms with Crippen LogP contribution in [-0.4, -0.2) is 50.3 Å². The second kappa shape index (κ2) is 8.13. The molecule has 106 valence electrons. The van der Waals surface area contributed by atoms with Gasteiger partial charge in [-0.05, 0) is 51.1 Å². The van der Waals surface area contributed by atoms with Gasteiger partial charge in [-0.15, -0.1) is 0 Å². The van der Waals surface area contributed by atoms with E-state index in [4.69, 9.17) is 4.74 Å². The summed E-state index contributed by atoms with van der Waals surface area (Å²) in [5, 5.41) is 3.72. The van der Waals surface area contributed by atoms with Gasteiger partial charge in [0.05, 0.1) is 0 Å². The van der Waals surface area contributed by atoms with Gasteiger partial charge in [-0.25, -0.2) is 0 Å². The number of rotatable bonds is 8. The van der Waals surface area contributed by atoms with Gasteiger partial charge in [0.2, 0.25) is 0 Å². The van der Waals surface area contributed by atoms with Gasteiger partial charge in [0.15, 0.2) is 0 Å². The van der Waals surface area contributed by atoms with E-state index in [1.54, 1.807) is 0 Å². The molecule has 0 radical (unpaired) electrons. The Labute approximate surface area is 112 Å². The summed E-state index contributed by atoms with van der Waals surface area (Å²) in [4.78, 5) is 2.65. The van der Waals surface area contributed by atoms with E-state index < -0.39 is 0 Å². The van der Waals surface area contributed by atoms with Crippen molar-refractivity contribution in [2.75, 3.05) is 39.4 Å². The molecule has 0 spiro atoms. The van der Waals surface area contributed by atoms with E-state index in [1.807, 2.05) is 0 Å². The number of ether oxygens (including phenoxy) is 1. The standard InChI is InChI=1S/C15H30N2O/c1-2-3-11-18-12-5-10-17-9-4-8-16-15(13-17)14-6-7-14/h14-16H,2-13H2,1H3. The first-order valence-corrected chi connectivity index (χ1v) is 7.93. The van der Waals surface area contributed by atoms with Crippen LogP contribution in [0.15, 0.2) is 0 Å². The molecule has 3 heteroatoms. The topological polar surface area (TPSA) is 24.5 Å². The van der Waals surface area contributed by atoms with Crippen LogP contribution in [0.5, 0.6) is 0 Å². The van der Waals surface area contributed by atoms with Crippen LogP contribution >= 0.6 is 0 Å². The summed E-state index contributed by atoms with van der Waals surface area (Å²) in [7, 11) is 0. The average molecular weight is 254 g/mol. The third kappa shape index (κ3) is 5.25. The molecule has 0 aromatic heterocycles. The summed E-state index contributed by atoms with van der Waals surface area (Å²) >= 11 is 0. The van der Waals surface area contributed by atoms with E-state index >= 15 is 0 Å². The monoisotopic (exact) mass is 254 g/mol. The second-order valence-electron chi connectivity index (χ2n) is 5.87. The van der Waals surface area contributed by atoms with E-state index in [0.29, 0.717) is 0 Å².